The number of hydrogen-bond acceptors (Lipinski definition) is 2. The normalized spacial score (nSPS) is 27.8. The Hall–Kier alpha value is -0.870. The number of pyridine rings is 1. The number of fused-ring (bicyclic) bond motifs is 1. The van der Waals surface area contributed by atoms with Crippen molar-refractivity contribution in [1.29, 1.82) is 0 Å². The number of aromatic amines is 1. The molecule has 3 nitrogen and oxygen atoms in total. The molecule has 1 aliphatic rings. The smallest absolute Gasteiger partial charge is 0.179 e. The number of nitrogens with zero attached hydrogens (tertiary/aromatic N) is 2. The summed E-state index contributed by atoms with van der Waals surface area (Å²) in [4.78, 5) is 7.70. The van der Waals surface area contributed by atoms with Crippen molar-refractivity contribution >= 4 is 35.0 Å². The van der Waals surface area contributed by atoms with Crippen LogP contribution in [0.15, 0.2) is 12.3 Å². The van der Waals surface area contributed by atoms with Gasteiger partial charge in [0, 0.05) is 12.2 Å². The standard InChI is InChI=1S/C14H18ClN3S/c1-8-4-3-5-12(9(8)2)18-13-11(17-14(18)19)6-10(15)7-16-13/h6-9,12H,3-5H2,1-2H3,(H,17,19). The highest BCUT2D eigenvalue weighted by Crippen LogP contribution is 2.39. The third kappa shape index (κ3) is 2.21. The second kappa shape index (κ2) is 4.91. The van der Waals surface area contributed by atoms with E-state index in [1.54, 1.807) is 6.20 Å². The van der Waals surface area contributed by atoms with Crippen molar-refractivity contribution in [3.63, 3.8) is 0 Å². The van der Waals surface area contributed by atoms with E-state index < -0.39 is 0 Å². The van der Waals surface area contributed by atoms with E-state index in [0.29, 0.717) is 17.0 Å². The van der Waals surface area contributed by atoms with Crippen LogP contribution in [0.4, 0.5) is 0 Å². The summed E-state index contributed by atoms with van der Waals surface area (Å²) in [5.41, 5.74) is 1.86. The van der Waals surface area contributed by atoms with Gasteiger partial charge in [-0.1, -0.05) is 38.3 Å². The molecular weight excluding hydrogens is 278 g/mol. The van der Waals surface area contributed by atoms with E-state index >= 15 is 0 Å². The fourth-order valence-corrected chi connectivity index (χ4v) is 3.70. The van der Waals surface area contributed by atoms with Gasteiger partial charge in [-0.05, 0) is 36.5 Å². The van der Waals surface area contributed by atoms with Crippen molar-refractivity contribution in [1.82, 2.24) is 14.5 Å². The number of hydrogen-bond donors (Lipinski definition) is 1. The molecule has 3 atom stereocenters. The molecule has 3 rings (SSSR count). The van der Waals surface area contributed by atoms with Crippen LogP contribution in [0.3, 0.4) is 0 Å². The van der Waals surface area contributed by atoms with E-state index in [1.165, 1.54) is 19.3 Å². The maximum Gasteiger partial charge on any atom is 0.179 e. The first-order valence-corrected chi connectivity index (χ1v) is 7.62. The predicted molar refractivity (Wildman–Crippen MR) is 81.1 cm³/mol. The van der Waals surface area contributed by atoms with Crippen LogP contribution < -0.4 is 0 Å². The van der Waals surface area contributed by atoms with Crippen LogP contribution in [0.1, 0.15) is 39.2 Å². The van der Waals surface area contributed by atoms with Gasteiger partial charge in [0.1, 0.15) is 0 Å². The first-order chi connectivity index (χ1) is 9.08. The molecular formula is C14H18ClN3S. The van der Waals surface area contributed by atoms with Gasteiger partial charge in [-0.3, -0.25) is 4.57 Å². The quantitative estimate of drug-likeness (QED) is 0.771. The van der Waals surface area contributed by atoms with Crippen molar-refractivity contribution in [3.05, 3.63) is 22.1 Å². The number of rotatable bonds is 1. The van der Waals surface area contributed by atoms with E-state index in [1.807, 2.05) is 6.07 Å². The lowest BCUT2D eigenvalue weighted by atomic mass is 9.78. The fourth-order valence-electron chi connectivity index (χ4n) is 3.21. The molecule has 0 saturated heterocycles. The highest BCUT2D eigenvalue weighted by Gasteiger charge is 2.30. The monoisotopic (exact) mass is 295 g/mol. The first-order valence-electron chi connectivity index (χ1n) is 6.83. The van der Waals surface area contributed by atoms with Gasteiger partial charge < -0.3 is 4.98 Å². The molecule has 2 heterocycles. The average molecular weight is 296 g/mol. The maximum absolute atomic E-state index is 5.99. The zero-order chi connectivity index (χ0) is 13.6. The van der Waals surface area contributed by atoms with Crippen molar-refractivity contribution in [2.24, 2.45) is 11.8 Å². The Labute approximate surface area is 123 Å². The van der Waals surface area contributed by atoms with E-state index in [9.17, 15) is 0 Å². The van der Waals surface area contributed by atoms with Gasteiger partial charge in [0.15, 0.2) is 10.4 Å². The Morgan fingerprint density at radius 3 is 3.00 bits per heavy atom. The van der Waals surface area contributed by atoms with Gasteiger partial charge in [-0.2, -0.15) is 0 Å². The van der Waals surface area contributed by atoms with Gasteiger partial charge in [-0.15, -0.1) is 0 Å². The van der Waals surface area contributed by atoms with Crippen LogP contribution in [0.5, 0.6) is 0 Å². The Kier molecular flexibility index (Phi) is 3.39. The van der Waals surface area contributed by atoms with Gasteiger partial charge in [0.25, 0.3) is 0 Å². The number of halogens is 1. The van der Waals surface area contributed by atoms with Crippen LogP contribution >= 0.6 is 23.8 Å². The highest BCUT2D eigenvalue weighted by atomic mass is 35.5. The summed E-state index contributed by atoms with van der Waals surface area (Å²) in [6.07, 6.45) is 5.45. The van der Waals surface area contributed by atoms with Gasteiger partial charge in [0.05, 0.1) is 10.5 Å². The predicted octanol–water partition coefficient (Wildman–Crippen LogP) is 4.74. The average Bonchev–Trinajstić information content (AvgIpc) is 2.68. The molecule has 1 aliphatic carbocycles. The first kappa shape index (κ1) is 13.1. The molecule has 2 aromatic heterocycles. The number of nitrogens with one attached hydrogen (secondary N) is 1. The van der Waals surface area contributed by atoms with Crippen molar-refractivity contribution < 1.29 is 0 Å². The highest BCUT2D eigenvalue weighted by molar-refractivity contribution is 7.71. The van der Waals surface area contributed by atoms with E-state index in [-0.39, 0.29) is 0 Å². The zero-order valence-corrected chi connectivity index (χ0v) is 12.8. The second-order valence-electron chi connectivity index (χ2n) is 5.66. The number of aromatic nitrogens is 3. The molecule has 1 N–H and O–H groups in total. The molecule has 0 radical (unpaired) electrons. The molecule has 2 aromatic rings. The largest absolute Gasteiger partial charge is 0.329 e. The molecule has 102 valence electrons. The summed E-state index contributed by atoms with van der Waals surface area (Å²) in [6.45, 7) is 4.66. The van der Waals surface area contributed by atoms with Crippen LogP contribution in [0.2, 0.25) is 5.02 Å². The topological polar surface area (TPSA) is 33.6 Å². The fraction of sp³-hybridized carbons (Fsp3) is 0.571. The molecule has 0 spiro atoms. The molecule has 3 unspecified atom stereocenters. The lowest BCUT2D eigenvalue weighted by Crippen LogP contribution is -2.27. The molecule has 0 aromatic carbocycles. The van der Waals surface area contributed by atoms with Crippen LogP contribution in [0, 0.1) is 16.6 Å². The van der Waals surface area contributed by atoms with Gasteiger partial charge in [-0.25, -0.2) is 4.98 Å². The summed E-state index contributed by atoms with van der Waals surface area (Å²) in [5, 5.41) is 0.640. The van der Waals surface area contributed by atoms with E-state index in [2.05, 4.69) is 28.4 Å². The maximum atomic E-state index is 5.99. The van der Waals surface area contributed by atoms with Crippen molar-refractivity contribution in [2.45, 2.75) is 39.2 Å². The summed E-state index contributed by atoms with van der Waals surface area (Å²) in [7, 11) is 0. The van der Waals surface area contributed by atoms with Gasteiger partial charge >= 0.3 is 0 Å². The second-order valence-corrected chi connectivity index (χ2v) is 6.48. The molecule has 1 fully saturated rings. The summed E-state index contributed by atoms with van der Waals surface area (Å²) in [5.74, 6) is 1.36. The lowest BCUT2D eigenvalue weighted by molar-refractivity contribution is 0.188. The Bertz CT molecular complexity index is 660. The molecule has 0 amide bonds. The lowest BCUT2D eigenvalue weighted by Gasteiger charge is -2.35. The summed E-state index contributed by atoms with van der Waals surface area (Å²) >= 11 is 11.5. The Morgan fingerprint density at radius 1 is 1.42 bits per heavy atom. The Balaban J connectivity index is 2.14. The minimum Gasteiger partial charge on any atom is -0.329 e. The van der Waals surface area contributed by atoms with Crippen molar-refractivity contribution in [2.75, 3.05) is 0 Å². The van der Waals surface area contributed by atoms with E-state index in [0.717, 1.165) is 21.9 Å². The SMILES string of the molecule is CC1CCCC(n2c(=S)[nH]c3cc(Cl)cnc32)C1C. The summed E-state index contributed by atoms with van der Waals surface area (Å²) < 4.78 is 2.96. The molecule has 19 heavy (non-hydrogen) atoms. The van der Waals surface area contributed by atoms with Crippen molar-refractivity contribution in [3.8, 4) is 0 Å². The molecule has 0 aliphatic heterocycles. The van der Waals surface area contributed by atoms with Gasteiger partial charge in [0.2, 0.25) is 0 Å². The van der Waals surface area contributed by atoms with Crippen LogP contribution in [0.25, 0.3) is 11.2 Å². The van der Waals surface area contributed by atoms with E-state index in [4.69, 9.17) is 23.8 Å². The van der Waals surface area contributed by atoms with Crippen LogP contribution in [-0.2, 0) is 0 Å². The number of imidazole rings is 1. The zero-order valence-electron chi connectivity index (χ0n) is 11.2. The molecule has 5 heteroatoms. The molecule has 0 bridgehead atoms. The Morgan fingerprint density at radius 2 is 2.21 bits per heavy atom. The minimum atomic E-state index is 0.443. The summed E-state index contributed by atoms with van der Waals surface area (Å²) in [6, 6.07) is 2.34. The molecule has 1 saturated carbocycles. The van der Waals surface area contributed by atoms with Crippen LogP contribution in [-0.4, -0.2) is 14.5 Å². The number of H-pyrrole nitrogens is 1. The third-order valence-corrected chi connectivity index (χ3v) is 5.02. The minimum absolute atomic E-state index is 0.443. The third-order valence-electron chi connectivity index (χ3n) is 4.52.